The maximum absolute atomic E-state index is 13.9. The summed E-state index contributed by atoms with van der Waals surface area (Å²) in [7, 11) is 0. The van der Waals surface area contributed by atoms with Gasteiger partial charge in [-0.15, -0.1) is 0 Å². The number of rotatable bonds is 1. The maximum atomic E-state index is 13.9. The van der Waals surface area contributed by atoms with E-state index in [1.807, 2.05) is 15.4 Å². The first kappa shape index (κ1) is 10.2. The van der Waals surface area contributed by atoms with Crippen molar-refractivity contribution in [1.29, 1.82) is 5.26 Å². The van der Waals surface area contributed by atoms with Gasteiger partial charge < -0.3 is 5.11 Å². The van der Waals surface area contributed by atoms with Gasteiger partial charge in [-0.1, -0.05) is 0 Å². The summed E-state index contributed by atoms with van der Waals surface area (Å²) in [6.45, 7) is 1.66. The third-order valence-electron chi connectivity index (χ3n) is 4.33. The minimum atomic E-state index is -0.684. The fraction of sp³-hybridized carbons (Fsp3) is 0.462. The molecule has 1 N–H and O–H groups in total. The van der Waals surface area contributed by atoms with Crippen molar-refractivity contribution in [3.05, 3.63) is 23.0 Å². The minimum absolute atomic E-state index is 0.0884. The van der Waals surface area contributed by atoms with Crippen molar-refractivity contribution in [3.8, 4) is 6.07 Å². The molecule has 4 rings (SSSR count). The van der Waals surface area contributed by atoms with E-state index in [1.54, 1.807) is 13.0 Å². The number of fused-ring (bicyclic) bond motifs is 4. The van der Waals surface area contributed by atoms with Gasteiger partial charge in [-0.25, -0.2) is 4.39 Å². The summed E-state index contributed by atoms with van der Waals surface area (Å²) in [4.78, 5) is 0. The van der Waals surface area contributed by atoms with Crippen LogP contribution in [0.25, 0.3) is 11.0 Å². The van der Waals surface area contributed by atoms with E-state index in [-0.39, 0.29) is 11.7 Å². The summed E-state index contributed by atoms with van der Waals surface area (Å²) in [5.74, 6) is -0.442. The molecular formula is C13H12FN3O. The van der Waals surface area contributed by atoms with Gasteiger partial charge in [0.25, 0.3) is 0 Å². The van der Waals surface area contributed by atoms with Gasteiger partial charge in [0.05, 0.1) is 5.52 Å². The minimum Gasteiger partial charge on any atom is -0.386 e. The van der Waals surface area contributed by atoms with Crippen LogP contribution in [-0.2, 0) is 0 Å². The van der Waals surface area contributed by atoms with E-state index in [0.29, 0.717) is 11.1 Å². The Morgan fingerprint density at radius 2 is 2.22 bits per heavy atom. The molecule has 1 fully saturated rings. The van der Waals surface area contributed by atoms with Gasteiger partial charge in [0, 0.05) is 0 Å². The number of nitrogens with zero attached hydrogens (tertiary/aromatic N) is 3. The van der Waals surface area contributed by atoms with E-state index in [2.05, 4.69) is 0 Å². The third kappa shape index (κ3) is 0.908. The first-order chi connectivity index (χ1) is 8.58. The molecule has 0 saturated heterocycles. The molecule has 1 aliphatic heterocycles. The molecule has 18 heavy (non-hydrogen) atoms. The van der Waals surface area contributed by atoms with E-state index in [0.717, 1.165) is 24.8 Å². The SMILES string of the molecule is Cc1cc2c(c(C#N)c1F)n1n2C1C1(O)CCC1. The van der Waals surface area contributed by atoms with Crippen LogP contribution in [0.2, 0.25) is 0 Å². The molecule has 0 amide bonds. The third-order valence-corrected chi connectivity index (χ3v) is 4.33. The second-order valence-electron chi connectivity index (χ2n) is 5.38. The molecule has 4 nitrogen and oxygen atoms in total. The lowest BCUT2D eigenvalue weighted by Crippen LogP contribution is -2.39. The van der Waals surface area contributed by atoms with Crippen LogP contribution in [0.4, 0.5) is 4.39 Å². The van der Waals surface area contributed by atoms with Gasteiger partial charge in [-0.05, 0) is 37.8 Å². The zero-order chi connectivity index (χ0) is 12.7. The lowest BCUT2D eigenvalue weighted by molar-refractivity contribution is -0.0505. The summed E-state index contributed by atoms with van der Waals surface area (Å²) < 4.78 is 17.7. The molecule has 2 heterocycles. The van der Waals surface area contributed by atoms with Crippen LogP contribution in [0.3, 0.4) is 0 Å². The highest BCUT2D eigenvalue weighted by atomic mass is 19.1. The fourth-order valence-corrected chi connectivity index (χ4v) is 3.13. The van der Waals surface area contributed by atoms with E-state index in [9.17, 15) is 9.50 Å². The van der Waals surface area contributed by atoms with Crippen molar-refractivity contribution in [2.75, 3.05) is 0 Å². The molecule has 2 aliphatic rings. The molecule has 1 aromatic heterocycles. The van der Waals surface area contributed by atoms with Crippen molar-refractivity contribution in [2.24, 2.45) is 0 Å². The number of aromatic nitrogens is 2. The number of halogens is 1. The molecule has 2 aromatic rings. The highest BCUT2D eigenvalue weighted by molar-refractivity contribution is 5.88. The predicted octanol–water partition coefficient (Wildman–Crippen LogP) is 2.04. The second-order valence-corrected chi connectivity index (χ2v) is 5.38. The number of benzene rings is 1. The van der Waals surface area contributed by atoms with Crippen LogP contribution in [0, 0.1) is 24.1 Å². The van der Waals surface area contributed by atoms with E-state index in [4.69, 9.17) is 5.26 Å². The number of nitriles is 1. The zero-order valence-corrected chi connectivity index (χ0v) is 9.94. The smallest absolute Gasteiger partial charge is 0.169 e. The van der Waals surface area contributed by atoms with Gasteiger partial charge >= 0.3 is 0 Å². The number of hydrogen-bond acceptors (Lipinski definition) is 2. The van der Waals surface area contributed by atoms with Gasteiger partial charge in [-0.3, -0.25) is 9.36 Å². The Morgan fingerprint density at radius 3 is 2.78 bits per heavy atom. The van der Waals surface area contributed by atoms with E-state index >= 15 is 0 Å². The molecule has 92 valence electrons. The molecule has 0 radical (unpaired) electrons. The van der Waals surface area contributed by atoms with Gasteiger partial charge in [0.2, 0.25) is 0 Å². The summed E-state index contributed by atoms with van der Waals surface area (Å²) in [6, 6.07) is 3.69. The van der Waals surface area contributed by atoms with Crippen LogP contribution < -0.4 is 0 Å². The highest BCUT2D eigenvalue weighted by Crippen LogP contribution is 2.53. The van der Waals surface area contributed by atoms with Crippen LogP contribution in [0.15, 0.2) is 6.07 Å². The Kier molecular flexibility index (Phi) is 1.57. The Balaban J connectivity index is 1.91. The topological polar surface area (TPSA) is 53.9 Å². The Bertz CT molecular complexity index is 730. The molecule has 1 atom stereocenters. The summed E-state index contributed by atoms with van der Waals surface area (Å²) in [5, 5.41) is 19.4. The largest absolute Gasteiger partial charge is 0.386 e. The molecular weight excluding hydrogens is 233 g/mol. The molecule has 1 saturated carbocycles. The number of hydrogen-bond donors (Lipinski definition) is 1. The fourth-order valence-electron chi connectivity index (χ4n) is 3.13. The van der Waals surface area contributed by atoms with Crippen molar-refractivity contribution >= 4 is 11.0 Å². The number of aliphatic hydroxyl groups is 1. The maximum Gasteiger partial charge on any atom is 0.169 e. The first-order valence-electron chi connectivity index (χ1n) is 6.12. The van der Waals surface area contributed by atoms with Crippen LogP contribution >= 0.6 is 0 Å². The van der Waals surface area contributed by atoms with Crippen molar-refractivity contribution in [2.45, 2.75) is 38.0 Å². The molecule has 1 unspecified atom stereocenters. The quantitative estimate of drug-likeness (QED) is 0.835. The highest BCUT2D eigenvalue weighted by Gasteiger charge is 2.56. The molecule has 0 bridgehead atoms. The van der Waals surface area contributed by atoms with E-state index in [1.165, 1.54) is 0 Å². The molecule has 1 aromatic carbocycles. The van der Waals surface area contributed by atoms with Crippen LogP contribution in [-0.4, -0.2) is 20.1 Å². The standard InChI is InChI=1S/C13H12FN3O/c1-7-5-9-11(8(6-15)10(7)14)17-12(16(9)17)13(18)3-2-4-13/h5,12,18H,2-4H2,1H3. The van der Waals surface area contributed by atoms with Crippen LogP contribution in [0.5, 0.6) is 0 Å². The van der Waals surface area contributed by atoms with Crippen molar-refractivity contribution < 1.29 is 9.50 Å². The second kappa shape index (κ2) is 2.78. The summed E-state index contributed by atoms with van der Waals surface area (Å²) in [5.41, 5.74) is 1.42. The lowest BCUT2D eigenvalue weighted by Gasteiger charge is -2.34. The Hall–Kier alpha value is -1.80. The average molecular weight is 245 g/mol. The average Bonchev–Trinajstić information content (AvgIpc) is 2.97. The Labute approximate surface area is 103 Å². The first-order valence-corrected chi connectivity index (χ1v) is 6.12. The van der Waals surface area contributed by atoms with Crippen molar-refractivity contribution in [3.63, 3.8) is 0 Å². The predicted molar refractivity (Wildman–Crippen MR) is 62.6 cm³/mol. The molecule has 1 aliphatic carbocycles. The van der Waals surface area contributed by atoms with E-state index < -0.39 is 11.4 Å². The monoisotopic (exact) mass is 245 g/mol. The van der Waals surface area contributed by atoms with Gasteiger partial charge in [0.15, 0.2) is 6.17 Å². The Morgan fingerprint density at radius 1 is 1.50 bits per heavy atom. The zero-order valence-electron chi connectivity index (χ0n) is 9.94. The normalized spacial score (nSPS) is 23.6. The molecule has 5 heteroatoms. The van der Waals surface area contributed by atoms with Crippen molar-refractivity contribution in [1.82, 2.24) is 9.36 Å². The summed E-state index contributed by atoms with van der Waals surface area (Å²) in [6.07, 6.45) is 2.50. The number of aryl methyl sites for hydroxylation is 1. The molecule has 0 spiro atoms. The van der Waals surface area contributed by atoms with Gasteiger partial charge in [-0.2, -0.15) is 5.26 Å². The van der Waals surface area contributed by atoms with Crippen LogP contribution in [0.1, 0.15) is 36.6 Å². The lowest BCUT2D eigenvalue weighted by atomic mass is 9.79. The summed E-state index contributed by atoms with van der Waals surface area (Å²) >= 11 is 0. The van der Waals surface area contributed by atoms with Gasteiger partial charge in [0.1, 0.15) is 28.6 Å².